The number of benzene rings is 8. The number of fused-ring (bicyclic) bond motifs is 5. The van der Waals surface area contributed by atoms with Crippen molar-refractivity contribution in [3.8, 4) is 33.4 Å². The molecule has 0 saturated heterocycles. The topological polar surface area (TPSA) is 0 Å². The molecule has 8 aromatic carbocycles. The molecule has 0 aromatic heterocycles. The molecule has 0 bridgehead atoms. The molecule has 8 aromatic rings. The average molecular weight is 1010 g/mol. The Labute approximate surface area is 381 Å². The zero-order valence-electron chi connectivity index (χ0n) is 36.8. The van der Waals surface area contributed by atoms with Crippen LogP contribution >= 0.6 is 24.8 Å². The Morgan fingerprint density at radius 1 is 0.484 bits per heavy atom. The summed E-state index contributed by atoms with van der Waals surface area (Å²) in [5, 5.41) is 5.06. The van der Waals surface area contributed by atoms with Gasteiger partial charge in [-0.05, 0) is 0 Å². The van der Waals surface area contributed by atoms with Crippen molar-refractivity contribution in [2.75, 3.05) is 0 Å². The van der Waals surface area contributed by atoms with Gasteiger partial charge >= 0.3 is 360 Å². The van der Waals surface area contributed by atoms with Gasteiger partial charge in [-0.25, -0.2) is 0 Å². The van der Waals surface area contributed by atoms with Crippen molar-refractivity contribution in [3.05, 3.63) is 208 Å². The molecule has 0 aliphatic heterocycles. The molecular weight excluding hydrogens is 958 g/mol. The molecule has 0 fully saturated rings. The first-order valence-electron chi connectivity index (χ1n) is 21.7. The van der Waals surface area contributed by atoms with Crippen molar-refractivity contribution in [1.29, 1.82) is 0 Å². The van der Waals surface area contributed by atoms with E-state index in [1.54, 1.807) is 0 Å². The molecule has 0 N–H and O–H groups in total. The normalized spacial score (nSPS) is 13.6. The molecule has 2 aliphatic rings. The van der Waals surface area contributed by atoms with E-state index < -0.39 is 18.0 Å². The van der Waals surface area contributed by atoms with Crippen molar-refractivity contribution >= 4 is 60.6 Å². The minimum absolute atomic E-state index is 0. The summed E-state index contributed by atoms with van der Waals surface area (Å²) in [6.07, 6.45) is 8.92. The first kappa shape index (κ1) is 43.7. The van der Waals surface area contributed by atoms with Crippen LogP contribution in [0.5, 0.6) is 0 Å². The van der Waals surface area contributed by atoms with Crippen LogP contribution in [0.3, 0.4) is 0 Å². The molecule has 0 atom stereocenters. The van der Waals surface area contributed by atoms with Gasteiger partial charge in [-0.15, -0.1) is 24.8 Å². The number of hydrogen-bond acceptors (Lipinski definition) is 0. The van der Waals surface area contributed by atoms with E-state index in [1.165, 1.54) is 90.5 Å². The Balaban J connectivity index is 0.00000264. The maximum absolute atomic E-state index is 6.09. The van der Waals surface area contributed by atoms with Crippen LogP contribution in [0.15, 0.2) is 185 Å². The molecule has 3 heteroatoms. The van der Waals surface area contributed by atoms with E-state index in [-0.39, 0.29) is 35.6 Å². The molecule has 0 saturated carbocycles. The zero-order valence-corrected chi connectivity index (χ0v) is 42.0. The molecule has 0 radical (unpaired) electrons. The van der Waals surface area contributed by atoms with Crippen LogP contribution in [0.4, 0.5) is 0 Å². The fraction of sp³-hybridized carbons (Fsp3) is 0.169. The van der Waals surface area contributed by atoms with Crippen molar-refractivity contribution < 1.29 is 18.0 Å². The van der Waals surface area contributed by atoms with E-state index in [1.807, 2.05) is 0 Å². The second-order valence-electron chi connectivity index (χ2n) is 19.6. The molecule has 0 amide bonds. The molecule has 0 heterocycles. The van der Waals surface area contributed by atoms with Crippen LogP contribution in [0.1, 0.15) is 70.2 Å². The zero-order chi connectivity index (χ0) is 41.5. The van der Waals surface area contributed by atoms with Gasteiger partial charge in [-0.1, -0.05) is 0 Å². The van der Waals surface area contributed by atoms with Gasteiger partial charge in [0.05, 0.1) is 0 Å². The molecule has 62 heavy (non-hydrogen) atoms. The van der Waals surface area contributed by atoms with E-state index in [9.17, 15) is 0 Å². The summed E-state index contributed by atoms with van der Waals surface area (Å²) in [4.78, 5) is 0. The number of allylic oxidation sites excluding steroid dienone is 4. The van der Waals surface area contributed by atoms with Gasteiger partial charge in [0.1, 0.15) is 0 Å². The maximum atomic E-state index is 6.09. The summed E-state index contributed by atoms with van der Waals surface area (Å²) in [6.45, 7) is 14.3. The fourth-order valence-corrected chi connectivity index (χ4v) is 34.5. The molecule has 2 aliphatic carbocycles. The van der Waals surface area contributed by atoms with Gasteiger partial charge in [0.2, 0.25) is 0 Å². The molecule has 0 spiro atoms. The summed E-state index contributed by atoms with van der Waals surface area (Å²) in [6, 6.07) is 62.7. The SMILES string of the molecule is Cl.Cl.[CH2]=[Hf]([C]1=CC=CC1)([c]1ccc2ccccc2c1)([c]1ccc2ccccc2c1)[c]1c2c(cc(C(C)(C)C)c1-c1ccccc1)-c1cc(C(C)(C)C)c(-c3ccccc3)cc1C2. The Morgan fingerprint density at radius 2 is 0.984 bits per heavy atom. The van der Waals surface area contributed by atoms with Crippen LogP contribution in [0.2, 0.25) is 0 Å². The summed E-state index contributed by atoms with van der Waals surface area (Å²) in [7, 11) is 0. The second-order valence-corrected chi connectivity index (χ2v) is 38.3. The molecule has 0 unspecified atom stereocenters. The Bertz CT molecular complexity index is 3070. The third-order valence-electron chi connectivity index (χ3n) is 13.9. The molecule has 310 valence electrons. The van der Waals surface area contributed by atoms with E-state index in [2.05, 4.69) is 224 Å². The van der Waals surface area contributed by atoms with Crippen LogP contribution in [0.25, 0.3) is 54.9 Å². The van der Waals surface area contributed by atoms with Crippen molar-refractivity contribution in [1.82, 2.24) is 0 Å². The predicted octanol–water partition coefficient (Wildman–Crippen LogP) is 14.6. The van der Waals surface area contributed by atoms with Crippen LogP contribution < -0.4 is 9.96 Å². The van der Waals surface area contributed by atoms with Gasteiger partial charge in [0.25, 0.3) is 0 Å². The van der Waals surface area contributed by atoms with E-state index >= 15 is 0 Å². The monoisotopic (exact) mass is 1010 g/mol. The van der Waals surface area contributed by atoms with Crippen LogP contribution in [-0.2, 0) is 35.3 Å². The third-order valence-corrected chi connectivity index (χ3v) is 37.7. The molecular formula is C59H56Cl2Hf. The number of hydrogen-bond donors (Lipinski definition) is 0. The van der Waals surface area contributed by atoms with Gasteiger partial charge in [0, 0.05) is 0 Å². The van der Waals surface area contributed by atoms with Gasteiger partial charge < -0.3 is 0 Å². The predicted molar refractivity (Wildman–Crippen MR) is 273 cm³/mol. The standard InChI is InChI=1S/C33H33.2C10H7.C5H5.CH2.2ClH.Hf/c1-32(2,3)30-20-26-24(18-28(30)22-13-9-7-10-14-22)17-25-19-29(23-15-11-8-12-16-23)31(21-27(25)26)33(4,5)6;2*1-2-6-10-8-4-3-7-9(10)5-1;1-2-4-5-3-1;;;;/h7-16,18,20-21H,17H2,1-6H3;2*1-3,5-8H;1-3H,4H2;1H2;2*1H;. The Hall–Kier alpha value is -4.92. The quantitative estimate of drug-likeness (QED) is 0.146. The first-order chi connectivity index (χ1) is 28.8. The summed E-state index contributed by atoms with van der Waals surface area (Å²) in [5.41, 5.74) is 13.4. The summed E-state index contributed by atoms with van der Waals surface area (Å²) >= 11 is -5.57. The number of halogens is 2. The van der Waals surface area contributed by atoms with Crippen molar-refractivity contribution in [3.63, 3.8) is 0 Å². The first-order valence-corrected chi connectivity index (χ1v) is 31.4. The van der Waals surface area contributed by atoms with E-state index in [0.717, 1.165) is 12.8 Å². The van der Waals surface area contributed by atoms with Crippen molar-refractivity contribution in [2.24, 2.45) is 0 Å². The second kappa shape index (κ2) is 16.0. The third kappa shape index (κ3) is 6.79. The average Bonchev–Trinajstić information content (AvgIpc) is 3.94. The van der Waals surface area contributed by atoms with E-state index in [4.69, 9.17) is 4.26 Å². The Morgan fingerprint density at radius 3 is 1.50 bits per heavy atom. The van der Waals surface area contributed by atoms with Gasteiger partial charge in [0.15, 0.2) is 0 Å². The van der Waals surface area contributed by atoms with Gasteiger partial charge in [-0.3, -0.25) is 0 Å². The van der Waals surface area contributed by atoms with Gasteiger partial charge in [-0.2, -0.15) is 0 Å². The summed E-state index contributed by atoms with van der Waals surface area (Å²) in [5.74, 6) is 0. The van der Waals surface area contributed by atoms with Crippen LogP contribution in [-0.4, -0.2) is 4.26 Å². The van der Waals surface area contributed by atoms with Crippen molar-refractivity contribution in [2.45, 2.75) is 65.2 Å². The summed E-state index contributed by atoms with van der Waals surface area (Å²) < 4.78 is 11.9. The van der Waals surface area contributed by atoms with E-state index in [0.29, 0.717) is 0 Å². The number of rotatable bonds is 6. The molecule has 0 nitrogen and oxygen atoms in total. The van der Waals surface area contributed by atoms with Crippen LogP contribution in [0, 0.1) is 0 Å². The molecule has 10 rings (SSSR count). The minimum atomic E-state index is -5.57. The fourth-order valence-electron chi connectivity index (χ4n) is 10.9. The Kier molecular flexibility index (Phi) is 11.3.